The number of unbranched alkanes of at least 4 members (excludes halogenated alkanes) is 4. The lowest BCUT2D eigenvalue weighted by Crippen LogP contribution is -2.41. The Morgan fingerprint density at radius 2 is 0.964 bits per heavy atom. The number of hydrogen-bond donors (Lipinski definition) is 7. The summed E-state index contributed by atoms with van der Waals surface area (Å²) in [5.74, 6) is 0.201. The molecule has 0 aliphatic heterocycles. The first-order valence-electron chi connectivity index (χ1n) is 19.7. The molecule has 0 heterocycles. The molecule has 17 nitrogen and oxygen atoms in total. The highest BCUT2D eigenvalue weighted by Gasteiger charge is 2.19. The van der Waals surface area contributed by atoms with Gasteiger partial charge in [-0.1, -0.05) is 46.0 Å². The molecule has 55 heavy (non-hydrogen) atoms. The van der Waals surface area contributed by atoms with Gasteiger partial charge in [0.05, 0.1) is 68.1 Å². The van der Waals surface area contributed by atoms with Gasteiger partial charge in [-0.25, -0.2) is 8.42 Å². The Morgan fingerprint density at radius 3 is 1.33 bits per heavy atom. The van der Waals surface area contributed by atoms with Gasteiger partial charge in [0, 0.05) is 52.6 Å². The molecule has 0 aliphatic rings. The van der Waals surface area contributed by atoms with E-state index >= 15 is 0 Å². The summed E-state index contributed by atoms with van der Waals surface area (Å²) in [6.07, 6.45) is 5.11. The number of aliphatic hydroxyl groups is 4. The molecule has 0 spiro atoms. The fraction of sp³-hybridized carbons (Fsp3) is 1.00. The summed E-state index contributed by atoms with van der Waals surface area (Å²) in [7, 11) is -4.09. The fourth-order valence-electron chi connectivity index (χ4n) is 5.78. The van der Waals surface area contributed by atoms with Gasteiger partial charge in [0.1, 0.15) is 0 Å². The molecule has 7 atom stereocenters. The van der Waals surface area contributed by atoms with Crippen LogP contribution < -0.4 is 0 Å². The molecule has 0 saturated carbocycles. The lowest BCUT2D eigenvalue weighted by molar-refractivity contribution is -0.0163. The Morgan fingerprint density at radius 1 is 0.564 bits per heavy atom. The average molecular weight is 859 g/mol. The third-order valence-corrected chi connectivity index (χ3v) is 10.7. The van der Waals surface area contributed by atoms with Crippen LogP contribution in [0.25, 0.3) is 0 Å². The van der Waals surface area contributed by atoms with E-state index in [9.17, 15) is 37.3 Å². The molecule has 0 aromatic rings. The molecule has 332 valence electrons. The zero-order chi connectivity index (χ0) is 41.3. The van der Waals surface area contributed by atoms with E-state index < -0.39 is 62.4 Å². The molecule has 0 bridgehead atoms. The van der Waals surface area contributed by atoms with Crippen LogP contribution in [0.15, 0.2) is 0 Å². The predicted molar refractivity (Wildman–Crippen MR) is 214 cm³/mol. The van der Waals surface area contributed by atoms with Gasteiger partial charge in [-0.3, -0.25) is 14.4 Å². The summed E-state index contributed by atoms with van der Waals surface area (Å²) in [4.78, 5) is 3.89. The Labute approximate surface area is 335 Å². The van der Waals surface area contributed by atoms with E-state index in [0.717, 1.165) is 51.4 Å². The topological polar surface area (TPSA) is 253 Å². The number of ether oxygens (including phenoxy) is 4. The highest BCUT2D eigenvalue weighted by Crippen LogP contribution is 2.13. The van der Waals surface area contributed by atoms with Gasteiger partial charge < -0.3 is 48.5 Å². The van der Waals surface area contributed by atoms with Crippen molar-refractivity contribution in [3.8, 4) is 0 Å². The van der Waals surface area contributed by atoms with Crippen LogP contribution in [-0.2, 0) is 51.2 Å². The second-order valence-corrected chi connectivity index (χ2v) is 17.8. The van der Waals surface area contributed by atoms with Crippen molar-refractivity contribution in [1.82, 2.24) is 9.80 Å². The maximum Gasteiger partial charge on any atom is 0.264 e. The SMILES string of the molecule is CCCCC(CC)COCC(O)CN(CCCCCCN(CC(O)COCCCS(=O)O)CC(O)COCCCS(=O)(=O)O)CC(O)COCCCS(=O)O. The van der Waals surface area contributed by atoms with E-state index in [0.29, 0.717) is 45.0 Å². The van der Waals surface area contributed by atoms with Gasteiger partial charge in [-0.2, -0.15) is 8.42 Å². The summed E-state index contributed by atoms with van der Waals surface area (Å²) in [6.45, 7) is 7.78. The highest BCUT2D eigenvalue weighted by atomic mass is 32.2. The molecule has 7 N–H and O–H groups in total. The van der Waals surface area contributed by atoms with Crippen LogP contribution in [0.1, 0.15) is 84.5 Å². The van der Waals surface area contributed by atoms with Crippen molar-refractivity contribution in [3.05, 3.63) is 0 Å². The molecular formula is C35H74N2O15S3. The van der Waals surface area contributed by atoms with Crippen LogP contribution in [0.5, 0.6) is 0 Å². The predicted octanol–water partition coefficient (Wildman–Crippen LogP) is 1.38. The monoisotopic (exact) mass is 858 g/mol. The normalized spacial score (nSPS) is 16.3. The number of nitrogens with zero attached hydrogens (tertiary/aromatic N) is 2. The van der Waals surface area contributed by atoms with Gasteiger partial charge in [0.25, 0.3) is 10.1 Å². The van der Waals surface area contributed by atoms with Gasteiger partial charge in [0.15, 0.2) is 22.2 Å². The second kappa shape index (κ2) is 35.7. The minimum absolute atomic E-state index is 0.0159. The first-order chi connectivity index (χ1) is 26.1. The Bertz CT molecular complexity index is 1050. The summed E-state index contributed by atoms with van der Waals surface area (Å²) in [5, 5.41) is 42.6. The largest absolute Gasteiger partial charge is 0.389 e. The van der Waals surface area contributed by atoms with Gasteiger partial charge in [-0.05, 0) is 57.5 Å². The summed E-state index contributed by atoms with van der Waals surface area (Å²) in [5.41, 5.74) is 0. The Balaban J connectivity index is 5.04. The molecule has 0 fully saturated rings. The van der Waals surface area contributed by atoms with E-state index in [4.69, 9.17) is 32.6 Å². The molecule has 0 radical (unpaired) electrons. The van der Waals surface area contributed by atoms with Crippen molar-refractivity contribution in [2.45, 2.75) is 109 Å². The van der Waals surface area contributed by atoms with Crippen LogP contribution in [0.2, 0.25) is 0 Å². The van der Waals surface area contributed by atoms with Crippen LogP contribution in [0, 0.1) is 5.92 Å². The number of hydrogen-bond acceptors (Lipinski definition) is 14. The number of rotatable bonds is 41. The molecule has 0 aliphatic carbocycles. The lowest BCUT2D eigenvalue weighted by atomic mass is 10.0. The van der Waals surface area contributed by atoms with Gasteiger partial charge in [-0.15, -0.1) is 0 Å². The van der Waals surface area contributed by atoms with E-state index in [-0.39, 0.29) is 83.8 Å². The molecule has 0 rings (SSSR count). The second-order valence-electron chi connectivity index (χ2n) is 14.1. The minimum atomic E-state index is -4.09. The Hall–Kier alpha value is -0.270. The zero-order valence-corrected chi connectivity index (χ0v) is 35.7. The first-order valence-corrected chi connectivity index (χ1v) is 23.9. The van der Waals surface area contributed by atoms with Gasteiger partial charge in [0.2, 0.25) is 0 Å². The van der Waals surface area contributed by atoms with E-state index in [1.165, 1.54) is 0 Å². The first kappa shape index (κ1) is 54.7. The molecule has 0 saturated heterocycles. The van der Waals surface area contributed by atoms with Crippen molar-refractivity contribution in [2.24, 2.45) is 5.92 Å². The average Bonchev–Trinajstić information content (AvgIpc) is 3.09. The molecule has 0 aromatic heterocycles. The lowest BCUT2D eigenvalue weighted by Gasteiger charge is -2.28. The van der Waals surface area contributed by atoms with Crippen molar-refractivity contribution < 1.29 is 69.9 Å². The maximum absolute atomic E-state index is 10.9. The van der Waals surface area contributed by atoms with Crippen molar-refractivity contribution in [3.63, 3.8) is 0 Å². The van der Waals surface area contributed by atoms with E-state index in [1.807, 2.05) is 9.80 Å². The molecule has 0 aromatic carbocycles. The standard InChI is InChI=1S/C35H74N2O15S3/c1-3-5-13-31(4-2)26-52-30-35(41)25-37(23-33(39)28-50-17-11-20-54(44)45)15-9-7-6-8-14-36(22-32(38)27-49-16-10-19-53(42)43)24-34(40)29-51-18-12-21-55(46,47)48/h31-35,38-41H,3-30H2,1-2H3,(H,42,43)(H,44,45)(H,46,47,48). The van der Waals surface area contributed by atoms with Crippen LogP contribution in [0.3, 0.4) is 0 Å². The van der Waals surface area contributed by atoms with Gasteiger partial charge >= 0.3 is 0 Å². The third kappa shape index (κ3) is 37.7. The minimum Gasteiger partial charge on any atom is -0.389 e. The maximum atomic E-state index is 10.9. The van der Waals surface area contributed by atoms with Crippen molar-refractivity contribution in [2.75, 3.05) is 109 Å². The summed E-state index contributed by atoms with van der Waals surface area (Å²) in [6, 6.07) is 0. The zero-order valence-electron chi connectivity index (χ0n) is 33.2. The van der Waals surface area contributed by atoms with Crippen molar-refractivity contribution >= 4 is 32.3 Å². The molecule has 0 amide bonds. The van der Waals surface area contributed by atoms with E-state index in [2.05, 4.69) is 13.8 Å². The third-order valence-electron chi connectivity index (χ3n) is 8.62. The smallest absolute Gasteiger partial charge is 0.264 e. The fourth-order valence-corrected chi connectivity index (χ4v) is 6.99. The molecule has 20 heteroatoms. The van der Waals surface area contributed by atoms with Crippen molar-refractivity contribution in [1.29, 1.82) is 0 Å². The van der Waals surface area contributed by atoms with E-state index in [1.54, 1.807) is 0 Å². The molecule has 7 unspecified atom stereocenters. The van der Waals surface area contributed by atoms with Crippen LogP contribution >= 0.6 is 0 Å². The number of aliphatic hydroxyl groups excluding tert-OH is 4. The summed E-state index contributed by atoms with van der Waals surface area (Å²) >= 11 is -3.80. The highest BCUT2D eigenvalue weighted by molar-refractivity contribution is 7.85. The molecular weight excluding hydrogens is 785 g/mol. The van der Waals surface area contributed by atoms with Crippen LogP contribution in [-0.4, -0.2) is 195 Å². The quantitative estimate of drug-likeness (QED) is 0.0261. The Kier molecular flexibility index (Phi) is 35.5. The summed E-state index contributed by atoms with van der Waals surface area (Å²) < 4.78 is 92.3. The van der Waals surface area contributed by atoms with Crippen LogP contribution in [0.4, 0.5) is 0 Å².